The summed E-state index contributed by atoms with van der Waals surface area (Å²) in [6.45, 7) is 2.60. The second kappa shape index (κ2) is 6.47. The van der Waals surface area contributed by atoms with Crippen LogP contribution in [0.5, 0.6) is 0 Å². The van der Waals surface area contributed by atoms with Crippen LogP contribution in [0.2, 0.25) is 0 Å². The van der Waals surface area contributed by atoms with E-state index in [1.165, 1.54) is 0 Å². The van der Waals surface area contributed by atoms with Crippen LogP contribution in [-0.4, -0.2) is 36.0 Å². The molecule has 6 nitrogen and oxygen atoms in total. The van der Waals surface area contributed by atoms with Crippen molar-refractivity contribution in [2.24, 2.45) is 0 Å². The van der Waals surface area contributed by atoms with E-state index in [4.69, 9.17) is 16.2 Å². The van der Waals surface area contributed by atoms with E-state index in [0.29, 0.717) is 36.5 Å². The summed E-state index contributed by atoms with van der Waals surface area (Å²) >= 11 is 0. The van der Waals surface area contributed by atoms with Crippen LogP contribution in [0.3, 0.4) is 0 Å². The molecular formula is C15H21N3O3. The Morgan fingerprint density at radius 1 is 1.33 bits per heavy atom. The van der Waals surface area contributed by atoms with Gasteiger partial charge in [-0.2, -0.15) is 0 Å². The Bertz CT molecular complexity index is 545. The Hall–Kier alpha value is -2.24. The van der Waals surface area contributed by atoms with Gasteiger partial charge < -0.3 is 21.1 Å². The maximum Gasteiger partial charge on any atom is 0.328 e. The molecule has 0 bridgehead atoms. The molecule has 0 radical (unpaired) electrons. The Kier molecular flexibility index (Phi) is 4.67. The van der Waals surface area contributed by atoms with Crippen LogP contribution in [0.4, 0.5) is 11.4 Å². The first-order valence-corrected chi connectivity index (χ1v) is 7.17. The van der Waals surface area contributed by atoms with Gasteiger partial charge in [0.05, 0.1) is 12.2 Å². The van der Waals surface area contributed by atoms with E-state index < -0.39 is 6.04 Å². The second-order valence-electron chi connectivity index (χ2n) is 5.11. The smallest absolute Gasteiger partial charge is 0.328 e. The molecule has 0 spiro atoms. The number of nitrogens with zero attached hydrogens (tertiary/aromatic N) is 1. The van der Waals surface area contributed by atoms with Crippen LogP contribution in [-0.2, 0) is 9.53 Å². The van der Waals surface area contributed by atoms with Crippen molar-refractivity contribution in [1.29, 1.82) is 0 Å². The Morgan fingerprint density at radius 3 is 2.76 bits per heavy atom. The van der Waals surface area contributed by atoms with E-state index in [-0.39, 0.29) is 11.9 Å². The summed E-state index contributed by atoms with van der Waals surface area (Å²) in [4.78, 5) is 26.2. The van der Waals surface area contributed by atoms with Gasteiger partial charge >= 0.3 is 5.97 Å². The number of anilines is 2. The molecule has 1 aliphatic heterocycles. The van der Waals surface area contributed by atoms with Crippen molar-refractivity contribution in [3.63, 3.8) is 0 Å². The highest BCUT2D eigenvalue weighted by Crippen LogP contribution is 2.24. The van der Waals surface area contributed by atoms with Gasteiger partial charge in [-0.25, -0.2) is 4.79 Å². The van der Waals surface area contributed by atoms with Gasteiger partial charge in [0.2, 0.25) is 0 Å². The van der Waals surface area contributed by atoms with Crippen molar-refractivity contribution in [2.75, 3.05) is 24.6 Å². The fourth-order valence-corrected chi connectivity index (χ4v) is 2.59. The van der Waals surface area contributed by atoms with E-state index in [1.54, 1.807) is 30.0 Å². The minimum absolute atomic E-state index is 0.245. The minimum atomic E-state index is -0.525. The van der Waals surface area contributed by atoms with E-state index in [2.05, 4.69) is 0 Å². The first-order valence-electron chi connectivity index (χ1n) is 7.17. The summed E-state index contributed by atoms with van der Waals surface area (Å²) < 4.78 is 5.06. The van der Waals surface area contributed by atoms with E-state index in [9.17, 15) is 9.59 Å². The predicted molar refractivity (Wildman–Crippen MR) is 80.6 cm³/mol. The second-order valence-corrected chi connectivity index (χ2v) is 5.11. The molecule has 1 aliphatic rings. The lowest BCUT2D eigenvalue weighted by Crippen LogP contribution is -2.48. The summed E-state index contributed by atoms with van der Waals surface area (Å²) in [6, 6.07) is 4.26. The average Bonchev–Trinajstić information content (AvgIpc) is 2.47. The molecule has 0 saturated carbocycles. The molecule has 6 heteroatoms. The van der Waals surface area contributed by atoms with Crippen LogP contribution >= 0.6 is 0 Å². The zero-order valence-corrected chi connectivity index (χ0v) is 12.2. The zero-order valence-electron chi connectivity index (χ0n) is 12.2. The number of ether oxygens (including phenoxy) is 1. The number of esters is 1. The molecule has 1 unspecified atom stereocenters. The highest BCUT2D eigenvalue weighted by atomic mass is 16.5. The van der Waals surface area contributed by atoms with Gasteiger partial charge in [-0.15, -0.1) is 0 Å². The van der Waals surface area contributed by atoms with Crippen molar-refractivity contribution < 1.29 is 14.3 Å². The zero-order chi connectivity index (χ0) is 15.4. The summed E-state index contributed by atoms with van der Waals surface area (Å²) in [7, 11) is 0. The SMILES string of the molecule is CCOC(=O)C1CCCCN1C(=O)c1ccc(N)cc1N. The summed E-state index contributed by atoms with van der Waals surface area (Å²) in [5.74, 6) is -0.593. The highest BCUT2D eigenvalue weighted by molar-refractivity contribution is 6.01. The average molecular weight is 291 g/mol. The number of carbonyl (C=O) groups is 2. The highest BCUT2D eigenvalue weighted by Gasteiger charge is 2.34. The van der Waals surface area contributed by atoms with Crippen molar-refractivity contribution >= 4 is 23.3 Å². The van der Waals surface area contributed by atoms with Crippen LogP contribution in [0, 0.1) is 0 Å². The third-order valence-corrected chi connectivity index (χ3v) is 3.63. The molecule has 114 valence electrons. The fraction of sp³-hybridized carbons (Fsp3) is 0.467. The molecule has 1 saturated heterocycles. The maximum atomic E-state index is 12.6. The molecule has 1 heterocycles. The first kappa shape index (κ1) is 15.2. The van der Waals surface area contributed by atoms with Crippen molar-refractivity contribution in [3.05, 3.63) is 23.8 Å². The number of hydrogen-bond acceptors (Lipinski definition) is 5. The number of nitrogen functional groups attached to an aromatic ring is 2. The van der Waals surface area contributed by atoms with Gasteiger partial charge in [-0.05, 0) is 44.4 Å². The Balaban J connectivity index is 2.24. The number of likely N-dealkylation sites (tertiary alicyclic amines) is 1. The fourth-order valence-electron chi connectivity index (χ4n) is 2.59. The first-order chi connectivity index (χ1) is 10.0. The van der Waals surface area contributed by atoms with Gasteiger partial charge in [0.15, 0.2) is 0 Å². The molecular weight excluding hydrogens is 270 g/mol. The topological polar surface area (TPSA) is 98.6 Å². The largest absolute Gasteiger partial charge is 0.464 e. The molecule has 4 N–H and O–H groups in total. The molecule has 0 aliphatic carbocycles. The maximum absolute atomic E-state index is 12.6. The quantitative estimate of drug-likeness (QED) is 0.648. The van der Waals surface area contributed by atoms with Gasteiger partial charge in [-0.1, -0.05) is 0 Å². The number of piperidine rings is 1. The van der Waals surface area contributed by atoms with E-state index >= 15 is 0 Å². The van der Waals surface area contributed by atoms with E-state index in [0.717, 1.165) is 12.8 Å². The molecule has 1 atom stereocenters. The number of amides is 1. The monoisotopic (exact) mass is 291 g/mol. The Morgan fingerprint density at radius 2 is 2.10 bits per heavy atom. The number of carbonyl (C=O) groups excluding carboxylic acids is 2. The lowest BCUT2D eigenvalue weighted by atomic mass is 10.00. The molecule has 1 fully saturated rings. The van der Waals surface area contributed by atoms with E-state index in [1.807, 2.05) is 0 Å². The Labute approximate surface area is 124 Å². The number of rotatable bonds is 3. The molecule has 0 aromatic heterocycles. The van der Waals surface area contributed by atoms with Crippen molar-refractivity contribution in [1.82, 2.24) is 4.90 Å². The molecule has 1 amide bonds. The minimum Gasteiger partial charge on any atom is -0.464 e. The molecule has 2 rings (SSSR count). The van der Waals surface area contributed by atoms with Gasteiger partial charge in [0.1, 0.15) is 6.04 Å². The lowest BCUT2D eigenvalue weighted by Gasteiger charge is -2.34. The van der Waals surface area contributed by atoms with Crippen molar-refractivity contribution in [3.8, 4) is 0 Å². The third-order valence-electron chi connectivity index (χ3n) is 3.63. The summed E-state index contributed by atoms with van der Waals surface area (Å²) in [5, 5.41) is 0. The molecule has 21 heavy (non-hydrogen) atoms. The molecule has 1 aromatic carbocycles. The van der Waals surface area contributed by atoms with Crippen LogP contribution < -0.4 is 11.5 Å². The molecule has 1 aromatic rings. The number of nitrogens with two attached hydrogens (primary N) is 2. The number of benzene rings is 1. The van der Waals surface area contributed by atoms with Gasteiger partial charge in [-0.3, -0.25) is 4.79 Å². The number of hydrogen-bond donors (Lipinski definition) is 2. The van der Waals surface area contributed by atoms with Crippen LogP contribution in [0.1, 0.15) is 36.5 Å². The van der Waals surface area contributed by atoms with Gasteiger partial charge in [0, 0.05) is 17.9 Å². The van der Waals surface area contributed by atoms with Crippen molar-refractivity contribution in [2.45, 2.75) is 32.2 Å². The van der Waals surface area contributed by atoms with Gasteiger partial charge in [0.25, 0.3) is 5.91 Å². The third kappa shape index (κ3) is 3.26. The lowest BCUT2D eigenvalue weighted by molar-refractivity contribution is -0.149. The van der Waals surface area contributed by atoms with Crippen LogP contribution in [0.15, 0.2) is 18.2 Å². The summed E-state index contributed by atoms with van der Waals surface area (Å²) in [6.07, 6.45) is 2.40. The standard InChI is InChI=1S/C15H21N3O3/c1-2-21-15(20)13-5-3-4-8-18(13)14(19)11-7-6-10(16)9-12(11)17/h6-7,9,13H,2-5,8,16-17H2,1H3. The predicted octanol–water partition coefficient (Wildman–Crippen LogP) is 1.41. The normalized spacial score (nSPS) is 18.3. The van der Waals surface area contributed by atoms with Crippen LogP contribution in [0.25, 0.3) is 0 Å². The summed E-state index contributed by atoms with van der Waals surface area (Å²) in [5.41, 5.74) is 12.7.